The molecule has 0 spiro atoms. The molecule has 2 unspecified atom stereocenters. The lowest BCUT2D eigenvalue weighted by atomic mass is 9.95. The zero-order chi connectivity index (χ0) is 15.1. The first-order valence-corrected chi connectivity index (χ1v) is 7.02. The topological polar surface area (TPSA) is 38.3 Å². The minimum Gasteiger partial charge on any atom is -0.445 e. The van der Waals surface area contributed by atoms with E-state index in [0.717, 1.165) is 11.1 Å². The summed E-state index contributed by atoms with van der Waals surface area (Å²) in [6.45, 7) is 6.29. The summed E-state index contributed by atoms with van der Waals surface area (Å²) in [5.41, 5.74) is 2.10. The van der Waals surface area contributed by atoms with Gasteiger partial charge in [0.25, 0.3) is 0 Å². The Morgan fingerprint density at radius 1 is 1.10 bits per heavy atom. The Morgan fingerprint density at radius 2 is 1.67 bits per heavy atom. The van der Waals surface area contributed by atoms with Gasteiger partial charge in [-0.1, -0.05) is 67.6 Å². The smallest absolute Gasteiger partial charge is 0.407 e. The van der Waals surface area contributed by atoms with E-state index in [1.807, 2.05) is 67.6 Å². The first kappa shape index (κ1) is 15.1. The van der Waals surface area contributed by atoms with Gasteiger partial charge in [0.05, 0.1) is 0 Å². The minimum atomic E-state index is -0.443. The zero-order valence-corrected chi connectivity index (χ0v) is 12.2. The quantitative estimate of drug-likeness (QED) is 0.902. The van der Waals surface area contributed by atoms with E-state index in [1.54, 1.807) is 0 Å². The molecule has 21 heavy (non-hydrogen) atoms. The standard InChI is InChI=1S/C18H20NO2/c1-14(17-11-7-4-8-12-17)15(2)19-18(20)21-13-16-9-5-3-6-10-16/h3-12,14-15H,2,13H2,1H3,(H,19,20). The molecule has 2 aromatic rings. The zero-order valence-electron chi connectivity index (χ0n) is 12.2. The van der Waals surface area contributed by atoms with Crippen molar-refractivity contribution in [3.63, 3.8) is 0 Å². The largest absolute Gasteiger partial charge is 0.445 e. The lowest BCUT2D eigenvalue weighted by Crippen LogP contribution is -2.36. The SMILES string of the molecule is [CH2]C(NC(=O)OCc1ccccc1)C(C)c1ccccc1. The van der Waals surface area contributed by atoms with Crippen molar-refractivity contribution in [3.8, 4) is 0 Å². The number of alkyl carbamates (subject to hydrolysis) is 1. The molecule has 0 saturated heterocycles. The highest BCUT2D eigenvalue weighted by molar-refractivity contribution is 5.67. The number of hydrogen-bond donors (Lipinski definition) is 1. The van der Waals surface area contributed by atoms with E-state index >= 15 is 0 Å². The molecule has 1 radical (unpaired) electrons. The third-order valence-corrected chi connectivity index (χ3v) is 3.44. The van der Waals surface area contributed by atoms with Gasteiger partial charge in [-0.15, -0.1) is 0 Å². The number of carbonyl (C=O) groups is 1. The average Bonchev–Trinajstić information content (AvgIpc) is 2.54. The van der Waals surface area contributed by atoms with E-state index in [9.17, 15) is 4.79 Å². The van der Waals surface area contributed by atoms with Gasteiger partial charge in [0.15, 0.2) is 0 Å². The molecule has 0 aromatic heterocycles. The molecule has 1 N–H and O–H groups in total. The molecule has 3 nitrogen and oxygen atoms in total. The lowest BCUT2D eigenvalue weighted by molar-refractivity contribution is 0.136. The summed E-state index contributed by atoms with van der Waals surface area (Å²) in [6.07, 6.45) is -0.443. The molecule has 0 heterocycles. The normalized spacial score (nSPS) is 13.2. The van der Waals surface area contributed by atoms with Crippen LogP contribution in [0.1, 0.15) is 24.0 Å². The van der Waals surface area contributed by atoms with E-state index in [1.165, 1.54) is 0 Å². The highest BCUT2D eigenvalue weighted by atomic mass is 16.5. The number of ether oxygens (including phenoxy) is 1. The van der Waals surface area contributed by atoms with E-state index in [2.05, 4.69) is 12.2 Å². The van der Waals surface area contributed by atoms with Crippen LogP contribution in [-0.2, 0) is 11.3 Å². The molecule has 0 aliphatic heterocycles. The Morgan fingerprint density at radius 3 is 2.29 bits per heavy atom. The Hall–Kier alpha value is -2.29. The van der Waals surface area contributed by atoms with Crippen molar-refractivity contribution < 1.29 is 9.53 Å². The monoisotopic (exact) mass is 282 g/mol. The number of benzene rings is 2. The van der Waals surface area contributed by atoms with Crippen molar-refractivity contribution in [3.05, 3.63) is 78.7 Å². The number of nitrogens with one attached hydrogen (secondary N) is 1. The second-order valence-electron chi connectivity index (χ2n) is 5.01. The molecule has 3 heteroatoms. The van der Waals surface area contributed by atoms with Crippen LogP contribution >= 0.6 is 0 Å². The van der Waals surface area contributed by atoms with Crippen LogP contribution in [0.15, 0.2) is 60.7 Å². The van der Waals surface area contributed by atoms with Gasteiger partial charge in [-0.05, 0) is 18.1 Å². The van der Waals surface area contributed by atoms with Crippen LogP contribution in [0.3, 0.4) is 0 Å². The lowest BCUT2D eigenvalue weighted by Gasteiger charge is -2.21. The Labute approximate surface area is 126 Å². The fourth-order valence-electron chi connectivity index (χ4n) is 2.03. The van der Waals surface area contributed by atoms with Crippen molar-refractivity contribution >= 4 is 6.09 Å². The van der Waals surface area contributed by atoms with E-state index in [-0.39, 0.29) is 18.6 Å². The van der Waals surface area contributed by atoms with Gasteiger partial charge in [-0.25, -0.2) is 4.79 Å². The fourth-order valence-corrected chi connectivity index (χ4v) is 2.03. The van der Waals surface area contributed by atoms with Gasteiger partial charge < -0.3 is 10.1 Å². The number of rotatable bonds is 5. The molecule has 2 aromatic carbocycles. The molecule has 0 aliphatic carbocycles. The van der Waals surface area contributed by atoms with Crippen LogP contribution < -0.4 is 5.32 Å². The van der Waals surface area contributed by atoms with Crippen molar-refractivity contribution in [2.24, 2.45) is 0 Å². The minimum absolute atomic E-state index is 0.121. The summed E-state index contributed by atoms with van der Waals surface area (Å²) < 4.78 is 5.19. The highest BCUT2D eigenvalue weighted by Crippen LogP contribution is 2.18. The molecule has 0 fully saturated rings. The highest BCUT2D eigenvalue weighted by Gasteiger charge is 2.17. The summed E-state index contributed by atoms with van der Waals surface area (Å²) in [6, 6.07) is 19.3. The molecule has 0 saturated carbocycles. The van der Waals surface area contributed by atoms with Gasteiger partial charge >= 0.3 is 6.09 Å². The van der Waals surface area contributed by atoms with Gasteiger partial charge in [0.1, 0.15) is 6.61 Å². The Balaban J connectivity index is 1.82. The second kappa shape index (κ2) is 7.48. The Bertz CT molecular complexity index is 554. The van der Waals surface area contributed by atoms with Crippen molar-refractivity contribution in [1.29, 1.82) is 0 Å². The van der Waals surface area contributed by atoms with Gasteiger partial charge in [0, 0.05) is 12.0 Å². The summed E-state index contributed by atoms with van der Waals surface area (Å²) in [4.78, 5) is 11.8. The maximum absolute atomic E-state index is 11.8. The molecule has 0 aliphatic rings. The van der Waals surface area contributed by atoms with Crippen LogP contribution in [0.25, 0.3) is 0 Å². The van der Waals surface area contributed by atoms with Crippen LogP contribution in [0.4, 0.5) is 4.79 Å². The van der Waals surface area contributed by atoms with Crippen molar-refractivity contribution in [2.75, 3.05) is 0 Å². The van der Waals surface area contributed by atoms with E-state index in [4.69, 9.17) is 4.74 Å². The van der Waals surface area contributed by atoms with Crippen LogP contribution in [0.2, 0.25) is 0 Å². The predicted octanol–water partition coefficient (Wildman–Crippen LogP) is 3.92. The summed E-state index contributed by atoms with van der Waals surface area (Å²) in [5, 5.41) is 2.78. The first-order chi connectivity index (χ1) is 10.2. The predicted molar refractivity (Wildman–Crippen MR) is 83.8 cm³/mol. The van der Waals surface area contributed by atoms with Crippen molar-refractivity contribution in [1.82, 2.24) is 5.32 Å². The van der Waals surface area contributed by atoms with Gasteiger partial charge in [0.2, 0.25) is 0 Å². The van der Waals surface area contributed by atoms with Crippen LogP contribution in [0.5, 0.6) is 0 Å². The fraction of sp³-hybridized carbons (Fsp3) is 0.222. The maximum atomic E-state index is 11.8. The first-order valence-electron chi connectivity index (χ1n) is 7.02. The summed E-state index contributed by atoms with van der Waals surface area (Å²) >= 11 is 0. The molecule has 109 valence electrons. The summed E-state index contributed by atoms with van der Waals surface area (Å²) in [7, 11) is 0. The number of amides is 1. The maximum Gasteiger partial charge on any atom is 0.407 e. The van der Waals surface area contributed by atoms with Crippen molar-refractivity contribution in [2.45, 2.75) is 25.5 Å². The van der Waals surface area contributed by atoms with Gasteiger partial charge in [-0.2, -0.15) is 0 Å². The molecular weight excluding hydrogens is 262 g/mol. The molecular formula is C18H20NO2. The van der Waals surface area contributed by atoms with E-state index < -0.39 is 6.09 Å². The second-order valence-corrected chi connectivity index (χ2v) is 5.01. The molecule has 0 bridgehead atoms. The molecule has 1 amide bonds. The molecule has 2 rings (SSSR count). The number of carbonyl (C=O) groups excluding carboxylic acids is 1. The average molecular weight is 282 g/mol. The van der Waals surface area contributed by atoms with Gasteiger partial charge in [-0.3, -0.25) is 0 Å². The van der Waals surface area contributed by atoms with E-state index in [0.29, 0.717) is 0 Å². The number of hydrogen-bond acceptors (Lipinski definition) is 2. The third kappa shape index (κ3) is 4.63. The Kier molecular flexibility index (Phi) is 5.38. The van der Waals surface area contributed by atoms with Crippen LogP contribution in [-0.4, -0.2) is 12.1 Å². The third-order valence-electron chi connectivity index (χ3n) is 3.44. The summed E-state index contributed by atoms with van der Waals surface area (Å²) in [5.74, 6) is 0.121. The van der Waals surface area contributed by atoms with Crippen LogP contribution in [0, 0.1) is 6.92 Å². The molecule has 2 atom stereocenters.